The summed E-state index contributed by atoms with van der Waals surface area (Å²) in [5.41, 5.74) is 7.18. The molecule has 3 rings (SSSR count). The van der Waals surface area contributed by atoms with E-state index < -0.39 is 17.8 Å². The van der Waals surface area contributed by atoms with Crippen LogP contribution in [0, 0.1) is 12.7 Å². The highest BCUT2D eigenvalue weighted by molar-refractivity contribution is 6.30. The van der Waals surface area contributed by atoms with E-state index in [1.165, 1.54) is 11.0 Å². The highest BCUT2D eigenvalue weighted by atomic mass is 35.5. The Kier molecular flexibility index (Phi) is 5.81. The van der Waals surface area contributed by atoms with Gasteiger partial charge in [-0.25, -0.2) is 9.37 Å². The molecule has 28 heavy (non-hydrogen) atoms. The van der Waals surface area contributed by atoms with Crippen LogP contribution < -0.4 is 10.5 Å². The van der Waals surface area contributed by atoms with Gasteiger partial charge in [-0.3, -0.25) is 4.79 Å². The smallest absolute Gasteiger partial charge is 0.304 e. The van der Waals surface area contributed by atoms with Gasteiger partial charge in [0, 0.05) is 17.8 Å². The van der Waals surface area contributed by atoms with E-state index in [0.717, 1.165) is 11.6 Å². The number of rotatable bonds is 7. The number of ether oxygens (including phenoxy) is 1. The summed E-state index contributed by atoms with van der Waals surface area (Å²) in [5.74, 6) is -1.12. The van der Waals surface area contributed by atoms with Crippen LogP contribution in [0.2, 0.25) is 5.02 Å². The summed E-state index contributed by atoms with van der Waals surface area (Å²) in [6, 6.07) is 5.49. The summed E-state index contributed by atoms with van der Waals surface area (Å²) in [6.07, 6.45) is 1.09. The van der Waals surface area contributed by atoms with Crippen molar-refractivity contribution >= 4 is 17.6 Å². The normalized spacial score (nSPS) is 12.0. The topological polar surface area (TPSA) is 129 Å². The molecule has 146 valence electrons. The van der Waals surface area contributed by atoms with Crippen molar-refractivity contribution in [3.05, 3.63) is 46.9 Å². The maximum absolute atomic E-state index is 13.8. The van der Waals surface area contributed by atoms with Crippen LogP contribution in [0.15, 0.2) is 30.5 Å². The summed E-state index contributed by atoms with van der Waals surface area (Å²) in [4.78, 5) is 15.7. The van der Waals surface area contributed by atoms with Gasteiger partial charge in [-0.1, -0.05) is 11.6 Å². The molecule has 0 aliphatic rings. The summed E-state index contributed by atoms with van der Waals surface area (Å²) in [7, 11) is 0. The number of halogens is 2. The molecule has 0 spiro atoms. The van der Waals surface area contributed by atoms with Gasteiger partial charge in [0.1, 0.15) is 5.75 Å². The maximum Gasteiger partial charge on any atom is 0.304 e. The number of aliphatic carboxylic acids is 1. The SMILES string of the molecule is Cc1cc(Oc2ncc(Cl)cc2F)ccc1-c1nnn(C[C@@H](N)CC(=O)O)n1. The molecule has 3 aromatic rings. The fraction of sp³-hybridized carbons (Fsp3) is 0.235. The highest BCUT2D eigenvalue weighted by Gasteiger charge is 2.14. The summed E-state index contributed by atoms with van der Waals surface area (Å²) < 4.78 is 19.3. The number of tetrazole rings is 1. The van der Waals surface area contributed by atoms with E-state index in [1.807, 2.05) is 6.92 Å². The molecule has 0 saturated heterocycles. The predicted octanol–water partition coefficient (Wildman–Crippen LogP) is 2.43. The van der Waals surface area contributed by atoms with Crippen LogP contribution in [0.4, 0.5) is 4.39 Å². The van der Waals surface area contributed by atoms with Crippen LogP contribution in [0.5, 0.6) is 11.6 Å². The molecule has 0 fully saturated rings. The van der Waals surface area contributed by atoms with Crippen molar-refractivity contribution in [1.82, 2.24) is 25.2 Å². The average Bonchev–Trinajstić information content (AvgIpc) is 3.04. The molecular formula is C17H16ClFN6O3. The van der Waals surface area contributed by atoms with Crippen LogP contribution in [0.25, 0.3) is 11.4 Å². The lowest BCUT2D eigenvalue weighted by atomic mass is 10.1. The molecule has 0 unspecified atom stereocenters. The van der Waals surface area contributed by atoms with E-state index in [9.17, 15) is 9.18 Å². The Balaban J connectivity index is 1.75. The highest BCUT2D eigenvalue weighted by Crippen LogP contribution is 2.28. The van der Waals surface area contributed by atoms with Crippen molar-refractivity contribution in [3.8, 4) is 23.0 Å². The van der Waals surface area contributed by atoms with Crippen LogP contribution >= 0.6 is 11.6 Å². The first-order valence-electron chi connectivity index (χ1n) is 8.17. The molecule has 9 nitrogen and oxygen atoms in total. The van der Waals surface area contributed by atoms with E-state index >= 15 is 0 Å². The molecule has 2 aromatic heterocycles. The zero-order chi connectivity index (χ0) is 20.3. The fourth-order valence-corrected chi connectivity index (χ4v) is 2.61. The van der Waals surface area contributed by atoms with Crippen molar-refractivity contribution in [3.63, 3.8) is 0 Å². The van der Waals surface area contributed by atoms with Gasteiger partial charge in [0.25, 0.3) is 5.88 Å². The summed E-state index contributed by atoms with van der Waals surface area (Å²) in [6.45, 7) is 1.94. The molecule has 1 aromatic carbocycles. The zero-order valence-electron chi connectivity index (χ0n) is 14.7. The Morgan fingerprint density at radius 3 is 2.89 bits per heavy atom. The summed E-state index contributed by atoms with van der Waals surface area (Å²) >= 11 is 5.68. The minimum absolute atomic E-state index is 0.126. The Bertz CT molecular complexity index is 1010. The van der Waals surface area contributed by atoms with Crippen LogP contribution in [-0.4, -0.2) is 42.3 Å². The minimum atomic E-state index is -0.995. The number of pyridine rings is 1. The third kappa shape index (κ3) is 4.78. The van der Waals surface area contributed by atoms with E-state index in [0.29, 0.717) is 17.1 Å². The van der Waals surface area contributed by atoms with Crippen molar-refractivity contribution in [2.75, 3.05) is 0 Å². The number of nitrogens with zero attached hydrogens (tertiary/aromatic N) is 5. The Morgan fingerprint density at radius 1 is 1.43 bits per heavy atom. The summed E-state index contributed by atoms with van der Waals surface area (Å²) in [5, 5.41) is 21.0. The molecule has 11 heteroatoms. The molecule has 3 N–H and O–H groups in total. The van der Waals surface area contributed by atoms with Crippen LogP contribution in [0.3, 0.4) is 0 Å². The number of benzene rings is 1. The van der Waals surface area contributed by atoms with Crippen molar-refractivity contribution in [2.24, 2.45) is 5.73 Å². The number of carboxylic acids is 1. The monoisotopic (exact) mass is 406 g/mol. The first-order valence-corrected chi connectivity index (χ1v) is 8.54. The van der Waals surface area contributed by atoms with E-state index in [4.69, 9.17) is 27.2 Å². The molecule has 0 amide bonds. The second-order valence-electron chi connectivity index (χ2n) is 6.05. The van der Waals surface area contributed by atoms with Gasteiger partial charge in [0.2, 0.25) is 5.82 Å². The molecule has 1 atom stereocenters. The third-order valence-corrected chi connectivity index (χ3v) is 3.92. The first kappa shape index (κ1) is 19.6. The first-order chi connectivity index (χ1) is 13.3. The zero-order valence-corrected chi connectivity index (χ0v) is 15.5. The third-order valence-electron chi connectivity index (χ3n) is 3.71. The molecule has 2 heterocycles. The second-order valence-corrected chi connectivity index (χ2v) is 6.48. The molecule has 0 saturated carbocycles. The number of nitrogens with two attached hydrogens (primary N) is 1. The number of carboxylic acid groups (broad SMARTS) is 1. The van der Waals surface area contributed by atoms with Gasteiger partial charge in [-0.05, 0) is 42.0 Å². The van der Waals surface area contributed by atoms with Crippen LogP contribution in [0.1, 0.15) is 12.0 Å². The standard InChI is InChI=1S/C17H16ClFN6O3/c1-9-4-12(28-17-14(19)5-10(18)7-21-17)2-3-13(9)16-22-24-25(23-16)8-11(20)6-15(26)27/h2-5,7,11H,6,8,20H2,1H3,(H,26,27)/t11-/m0/s1. The molecule has 0 bridgehead atoms. The Hall–Kier alpha value is -3.11. The van der Waals surface area contributed by atoms with E-state index in [-0.39, 0.29) is 23.9 Å². The number of carbonyl (C=O) groups is 1. The van der Waals surface area contributed by atoms with Crippen molar-refractivity contribution in [2.45, 2.75) is 25.9 Å². The number of aryl methyl sites for hydroxylation is 1. The molecule has 0 radical (unpaired) electrons. The van der Waals surface area contributed by atoms with Gasteiger partial charge in [0.15, 0.2) is 5.82 Å². The largest absolute Gasteiger partial charge is 0.481 e. The lowest BCUT2D eigenvalue weighted by Crippen LogP contribution is -2.30. The molecule has 0 aliphatic heterocycles. The minimum Gasteiger partial charge on any atom is -0.481 e. The van der Waals surface area contributed by atoms with Gasteiger partial charge in [-0.15, -0.1) is 10.2 Å². The maximum atomic E-state index is 13.8. The number of hydrogen-bond donors (Lipinski definition) is 2. The Labute approximate surface area is 163 Å². The second kappa shape index (κ2) is 8.28. The van der Waals surface area contributed by atoms with Gasteiger partial charge < -0.3 is 15.6 Å². The molecular weight excluding hydrogens is 391 g/mol. The van der Waals surface area contributed by atoms with E-state index in [1.54, 1.807) is 18.2 Å². The Morgan fingerprint density at radius 2 is 2.21 bits per heavy atom. The lowest BCUT2D eigenvalue weighted by Gasteiger charge is -2.08. The van der Waals surface area contributed by atoms with Crippen molar-refractivity contribution < 1.29 is 19.0 Å². The quantitative estimate of drug-likeness (QED) is 0.612. The number of hydrogen-bond acceptors (Lipinski definition) is 7. The molecule has 0 aliphatic carbocycles. The van der Waals surface area contributed by atoms with Crippen molar-refractivity contribution in [1.29, 1.82) is 0 Å². The van der Waals surface area contributed by atoms with Crippen LogP contribution in [-0.2, 0) is 11.3 Å². The lowest BCUT2D eigenvalue weighted by molar-refractivity contribution is -0.137. The number of aromatic nitrogens is 5. The van der Waals surface area contributed by atoms with Gasteiger partial charge >= 0.3 is 5.97 Å². The average molecular weight is 407 g/mol. The van der Waals surface area contributed by atoms with Gasteiger partial charge in [-0.2, -0.15) is 4.80 Å². The van der Waals surface area contributed by atoms with E-state index in [2.05, 4.69) is 20.4 Å². The van der Waals surface area contributed by atoms with Gasteiger partial charge in [0.05, 0.1) is 18.0 Å². The fourth-order valence-electron chi connectivity index (χ4n) is 2.47. The predicted molar refractivity (Wildman–Crippen MR) is 97.5 cm³/mol.